The Hall–Kier alpha value is -4.00. The van der Waals surface area contributed by atoms with Crippen molar-refractivity contribution >= 4 is 23.5 Å². The van der Waals surface area contributed by atoms with E-state index in [2.05, 4.69) is 29.1 Å². The van der Waals surface area contributed by atoms with Gasteiger partial charge in [-0.3, -0.25) is 14.7 Å². The van der Waals surface area contributed by atoms with Crippen LogP contribution in [0.3, 0.4) is 0 Å². The predicted octanol–water partition coefficient (Wildman–Crippen LogP) is 4.43. The van der Waals surface area contributed by atoms with Gasteiger partial charge < -0.3 is 43.3 Å². The van der Waals surface area contributed by atoms with Crippen molar-refractivity contribution < 1.29 is 48.0 Å². The molecule has 2 aromatic rings. The maximum atomic E-state index is 14.6. The van der Waals surface area contributed by atoms with E-state index in [0.717, 1.165) is 17.0 Å². The van der Waals surface area contributed by atoms with Gasteiger partial charge in [-0.05, 0) is 84.7 Å². The van der Waals surface area contributed by atoms with Crippen molar-refractivity contribution in [3.8, 4) is 5.69 Å². The van der Waals surface area contributed by atoms with E-state index in [9.17, 15) is 14.7 Å². The minimum absolute atomic E-state index is 0.00812. The van der Waals surface area contributed by atoms with Crippen molar-refractivity contribution in [3.05, 3.63) is 42.5 Å². The molecular formula is C44H65N7O10. The lowest BCUT2D eigenvalue weighted by Gasteiger charge is -2.48. The number of hydrogen-bond donors (Lipinski definition) is 1. The number of cyclic esters (lactones) is 1. The lowest BCUT2D eigenvalue weighted by Crippen LogP contribution is -2.60. The number of aliphatic imine (C=N–C) groups is 1. The third kappa shape index (κ3) is 9.09. The first-order valence-electron chi connectivity index (χ1n) is 21.8. The molecule has 1 aromatic heterocycles. The smallest absolute Gasteiger partial charge is 0.410 e. The molecule has 1 N–H and O–H groups in total. The Kier molecular flexibility index (Phi) is 13.6. The van der Waals surface area contributed by atoms with Crippen LogP contribution in [0.2, 0.25) is 0 Å². The van der Waals surface area contributed by atoms with Crippen molar-refractivity contribution in [1.82, 2.24) is 24.6 Å². The van der Waals surface area contributed by atoms with Crippen LogP contribution in [-0.2, 0) is 44.7 Å². The zero-order chi connectivity index (χ0) is 43.8. The summed E-state index contributed by atoms with van der Waals surface area (Å²) in [5, 5.41) is 20.5. The number of carbonyl (C=O) groups is 2. The van der Waals surface area contributed by atoms with E-state index in [-0.39, 0.29) is 43.8 Å². The molecule has 5 aliphatic rings. The van der Waals surface area contributed by atoms with Crippen molar-refractivity contribution in [3.63, 3.8) is 0 Å². The van der Waals surface area contributed by atoms with Gasteiger partial charge in [-0.2, -0.15) is 5.10 Å². The van der Waals surface area contributed by atoms with E-state index in [0.29, 0.717) is 38.1 Å². The topological polar surface area (TPSA) is 181 Å². The maximum Gasteiger partial charge on any atom is 0.410 e. The molecule has 4 fully saturated rings. The number of likely N-dealkylation sites (N-methyl/N-ethyl adjacent to an activating group) is 1. The standard InChI is InChI=1S/C44H65N7O10/c1-11-34-44(8)38-27(4)35(46-16-17-50(38)42(54)61-44)25(2)19-43(7)39(60-41-36(52)33(49(9)10)18-26(3)58-41)28(5)37(29(6)40(53)59-34)55-21-31(22-56-43)48-57-20-30-12-14-32(15-13-30)51-24-45-23-47-51/h12-15,23-29,33-34,36-39,41,52H,11,16-22H2,1-10H3/b48-31+/t25-,26+,27+,28+,29-,33-,34-,36+,37+,38-,39-,41-,43-,44-/m1/s1. The molecule has 17 heteroatoms. The van der Waals surface area contributed by atoms with Gasteiger partial charge in [0.2, 0.25) is 0 Å². The first kappa shape index (κ1) is 45.0. The van der Waals surface area contributed by atoms with Crippen molar-refractivity contribution in [2.75, 3.05) is 40.4 Å². The molecule has 17 nitrogen and oxygen atoms in total. The third-order valence-corrected chi connectivity index (χ3v) is 13.6. The summed E-state index contributed by atoms with van der Waals surface area (Å²) in [5.41, 5.74) is 0.906. The number of carbonyl (C=O) groups excluding carboxylic acids is 2. The lowest BCUT2D eigenvalue weighted by molar-refractivity contribution is -0.302. The summed E-state index contributed by atoms with van der Waals surface area (Å²) < 4.78 is 41.6. The fraction of sp³-hybridized carbons (Fsp3) is 0.727. The van der Waals surface area contributed by atoms with Gasteiger partial charge >= 0.3 is 12.1 Å². The fourth-order valence-electron chi connectivity index (χ4n) is 10.5. The van der Waals surface area contributed by atoms with Gasteiger partial charge in [0.05, 0.1) is 61.3 Å². The number of aromatic nitrogens is 3. The van der Waals surface area contributed by atoms with Crippen LogP contribution >= 0.6 is 0 Å². The van der Waals surface area contributed by atoms with Crippen molar-refractivity contribution in [2.45, 2.75) is 141 Å². The van der Waals surface area contributed by atoms with E-state index in [1.165, 1.54) is 6.33 Å². The van der Waals surface area contributed by atoms with Crippen LogP contribution in [0.15, 0.2) is 47.1 Å². The first-order chi connectivity index (χ1) is 29.0. The Labute approximate surface area is 359 Å². The highest BCUT2D eigenvalue weighted by atomic mass is 16.7. The van der Waals surface area contributed by atoms with E-state index < -0.39 is 71.8 Å². The van der Waals surface area contributed by atoms with Gasteiger partial charge in [0.25, 0.3) is 0 Å². The summed E-state index contributed by atoms with van der Waals surface area (Å²) >= 11 is 0. The Morgan fingerprint density at radius 2 is 1.80 bits per heavy atom. The highest BCUT2D eigenvalue weighted by molar-refractivity contribution is 5.91. The van der Waals surface area contributed by atoms with Crippen LogP contribution in [-0.4, -0.2) is 154 Å². The quantitative estimate of drug-likeness (QED) is 0.292. The summed E-state index contributed by atoms with van der Waals surface area (Å²) in [5.74, 6) is -2.27. The molecule has 1 aromatic carbocycles. The molecule has 7 rings (SSSR count). The number of benzene rings is 1. The van der Waals surface area contributed by atoms with Crippen LogP contribution < -0.4 is 0 Å². The van der Waals surface area contributed by atoms with Gasteiger partial charge in [-0.25, -0.2) is 14.5 Å². The molecule has 0 radical (unpaired) electrons. The van der Waals surface area contributed by atoms with E-state index >= 15 is 0 Å². The SMILES string of the molecule is CC[C@H]1OC(=O)[C@H](C)[C@H]2OC/C(=N\OCc3ccc(-n4cncn4)cc3)CO[C@](C)(C[C@@H](C)C3=NCCN4C(=O)O[C@@]1(C)[C@H]4[C@H]3C)[C@H](O[C@H]1O[C@@H](C)C[C@@H](N(C)C)[C@@H]1O)[C@H]2C. The molecule has 6 heterocycles. The molecule has 0 aliphatic carbocycles. The van der Waals surface area contributed by atoms with Crippen LogP contribution in [0.5, 0.6) is 0 Å². The molecule has 0 unspecified atom stereocenters. The Morgan fingerprint density at radius 1 is 1.05 bits per heavy atom. The summed E-state index contributed by atoms with van der Waals surface area (Å²) in [6.45, 7) is 16.7. The van der Waals surface area contributed by atoms with Gasteiger partial charge in [-0.15, -0.1) is 0 Å². The zero-order valence-electron chi connectivity index (χ0n) is 37.3. The minimum atomic E-state index is -1.14. The average Bonchev–Trinajstić information content (AvgIpc) is 3.81. The number of ether oxygens (including phenoxy) is 6. The number of fused-ring (bicyclic) bond motifs is 4. The van der Waals surface area contributed by atoms with Crippen LogP contribution in [0.4, 0.5) is 4.79 Å². The van der Waals surface area contributed by atoms with Gasteiger partial charge in [-0.1, -0.05) is 45.0 Å². The summed E-state index contributed by atoms with van der Waals surface area (Å²) in [6, 6.07) is 7.06. The normalized spacial score (nSPS) is 39.4. The number of esters is 1. The average molecular weight is 852 g/mol. The number of rotatable bonds is 8. The van der Waals surface area contributed by atoms with Crippen molar-refractivity contribution in [1.29, 1.82) is 0 Å². The van der Waals surface area contributed by atoms with Gasteiger partial charge in [0.15, 0.2) is 11.9 Å². The van der Waals surface area contributed by atoms with E-state index in [1.807, 2.05) is 77.9 Å². The number of hydrogen-bond acceptors (Lipinski definition) is 15. The summed E-state index contributed by atoms with van der Waals surface area (Å²) in [7, 11) is 3.87. The fourth-order valence-corrected chi connectivity index (χ4v) is 10.5. The highest BCUT2D eigenvalue weighted by Gasteiger charge is 2.60. The molecular weight excluding hydrogens is 787 g/mol. The van der Waals surface area contributed by atoms with Crippen molar-refractivity contribution in [2.24, 2.45) is 33.8 Å². The zero-order valence-corrected chi connectivity index (χ0v) is 37.3. The summed E-state index contributed by atoms with van der Waals surface area (Å²) in [4.78, 5) is 47.0. The number of aliphatic hydroxyl groups is 1. The predicted molar refractivity (Wildman–Crippen MR) is 224 cm³/mol. The second-order valence-electron chi connectivity index (χ2n) is 18.3. The van der Waals surface area contributed by atoms with Crippen LogP contribution in [0, 0.1) is 23.7 Å². The maximum absolute atomic E-state index is 14.6. The molecule has 14 atom stereocenters. The third-order valence-electron chi connectivity index (χ3n) is 13.6. The minimum Gasteiger partial charge on any atom is -0.458 e. The monoisotopic (exact) mass is 851 g/mol. The molecule has 61 heavy (non-hydrogen) atoms. The molecule has 336 valence electrons. The van der Waals surface area contributed by atoms with E-state index in [4.69, 9.17) is 38.3 Å². The molecule has 0 saturated carbocycles. The van der Waals surface area contributed by atoms with Gasteiger partial charge in [0.1, 0.15) is 37.2 Å². The molecule has 4 saturated heterocycles. The Morgan fingerprint density at radius 3 is 2.49 bits per heavy atom. The largest absolute Gasteiger partial charge is 0.458 e. The number of nitrogens with zero attached hydrogens (tertiary/aromatic N) is 7. The number of aliphatic hydroxyl groups excluding tert-OH is 1. The highest BCUT2D eigenvalue weighted by Crippen LogP contribution is 2.45. The van der Waals surface area contributed by atoms with Crippen LogP contribution in [0.25, 0.3) is 5.69 Å². The van der Waals surface area contributed by atoms with Crippen LogP contribution in [0.1, 0.15) is 80.2 Å². The first-order valence-corrected chi connectivity index (χ1v) is 21.8. The second-order valence-corrected chi connectivity index (χ2v) is 18.3. The van der Waals surface area contributed by atoms with E-state index in [1.54, 1.807) is 22.8 Å². The number of oxime groups is 1. The van der Waals surface area contributed by atoms with Gasteiger partial charge in [0, 0.05) is 30.1 Å². The molecule has 1 amide bonds. The molecule has 0 spiro atoms. The lowest BCUT2D eigenvalue weighted by atomic mass is 9.72. The Balaban J connectivity index is 1.27. The summed E-state index contributed by atoms with van der Waals surface area (Å²) in [6.07, 6.45) is -0.361. The molecule has 5 aliphatic heterocycles. The molecule has 4 bridgehead atoms. The Bertz CT molecular complexity index is 1900. The number of amides is 1. The second kappa shape index (κ2) is 18.4.